The molecule has 0 spiro atoms. The zero-order valence-electron chi connectivity index (χ0n) is 10.7. The van der Waals surface area contributed by atoms with E-state index in [-0.39, 0.29) is 5.78 Å². The van der Waals surface area contributed by atoms with Gasteiger partial charge in [0.05, 0.1) is 5.69 Å². The van der Waals surface area contributed by atoms with Crippen molar-refractivity contribution in [2.24, 2.45) is 7.05 Å². The van der Waals surface area contributed by atoms with Crippen LogP contribution in [-0.2, 0) is 13.5 Å². The lowest BCUT2D eigenvalue weighted by Gasteiger charge is -2.05. The number of carbonyl (C=O) groups excluding carboxylic acids is 1. The first-order valence-corrected chi connectivity index (χ1v) is 6.14. The predicted molar refractivity (Wildman–Crippen MR) is 72.2 cm³/mol. The molecule has 18 heavy (non-hydrogen) atoms. The molecule has 1 aromatic carbocycles. The first kappa shape index (κ1) is 12.8. The van der Waals surface area contributed by atoms with Gasteiger partial charge in [0, 0.05) is 18.5 Å². The van der Waals surface area contributed by atoms with Gasteiger partial charge in [0.15, 0.2) is 5.78 Å². The minimum Gasteiger partial charge on any atom is -0.292 e. The van der Waals surface area contributed by atoms with Crippen molar-refractivity contribution in [2.75, 3.05) is 0 Å². The highest BCUT2D eigenvalue weighted by Crippen LogP contribution is 2.19. The van der Waals surface area contributed by atoms with Gasteiger partial charge in [-0.15, -0.1) is 0 Å². The Bertz CT molecular complexity index is 602. The number of benzene rings is 1. The Labute approximate surface area is 111 Å². The molecule has 1 heterocycles. The van der Waals surface area contributed by atoms with Gasteiger partial charge < -0.3 is 0 Å². The van der Waals surface area contributed by atoms with Gasteiger partial charge in [-0.05, 0) is 37.1 Å². The largest absolute Gasteiger partial charge is 0.292 e. The zero-order valence-corrected chi connectivity index (χ0v) is 11.5. The van der Waals surface area contributed by atoms with E-state index in [4.69, 9.17) is 11.6 Å². The van der Waals surface area contributed by atoms with Crippen molar-refractivity contribution in [3.63, 3.8) is 0 Å². The molecule has 2 aromatic rings. The number of aromatic nitrogens is 2. The maximum Gasteiger partial charge on any atom is 0.185 e. The first-order valence-electron chi connectivity index (χ1n) is 5.76. The Balaban J connectivity index is 2.24. The van der Waals surface area contributed by atoms with E-state index < -0.39 is 0 Å². The van der Waals surface area contributed by atoms with Crippen molar-refractivity contribution in [1.29, 1.82) is 0 Å². The summed E-state index contributed by atoms with van der Waals surface area (Å²) in [5.41, 5.74) is 3.40. The summed E-state index contributed by atoms with van der Waals surface area (Å²) in [5.74, 6) is 0.0313. The van der Waals surface area contributed by atoms with E-state index >= 15 is 0 Å². The number of aryl methyl sites for hydroxylation is 3. The zero-order chi connectivity index (χ0) is 13.3. The molecular weight excluding hydrogens is 248 g/mol. The Kier molecular flexibility index (Phi) is 3.53. The molecule has 0 saturated carbocycles. The number of rotatable bonds is 3. The fourth-order valence-corrected chi connectivity index (χ4v) is 2.23. The standard InChI is InChI=1S/C14H15ClN2O/c1-9-4-5-11(12(15)6-9)8-14(18)13-7-10(2)16-17(13)3/h4-7H,8H2,1-3H3. The van der Waals surface area contributed by atoms with Crippen LogP contribution in [0.4, 0.5) is 0 Å². The highest BCUT2D eigenvalue weighted by atomic mass is 35.5. The van der Waals surface area contributed by atoms with Crippen LogP contribution in [0, 0.1) is 13.8 Å². The van der Waals surface area contributed by atoms with Gasteiger partial charge >= 0.3 is 0 Å². The molecule has 0 fully saturated rings. The summed E-state index contributed by atoms with van der Waals surface area (Å²) in [4.78, 5) is 12.2. The van der Waals surface area contributed by atoms with Crippen LogP contribution in [-0.4, -0.2) is 15.6 Å². The second kappa shape index (κ2) is 4.94. The quantitative estimate of drug-likeness (QED) is 0.797. The van der Waals surface area contributed by atoms with Gasteiger partial charge in [-0.25, -0.2) is 0 Å². The normalized spacial score (nSPS) is 10.7. The average molecular weight is 263 g/mol. The van der Waals surface area contributed by atoms with Gasteiger partial charge in [-0.1, -0.05) is 23.7 Å². The molecule has 0 aliphatic heterocycles. The molecule has 94 valence electrons. The summed E-state index contributed by atoms with van der Waals surface area (Å²) in [7, 11) is 1.77. The van der Waals surface area contributed by atoms with Crippen molar-refractivity contribution in [3.05, 3.63) is 51.8 Å². The number of ketones is 1. The molecule has 0 aliphatic rings. The monoisotopic (exact) mass is 262 g/mol. The van der Waals surface area contributed by atoms with Gasteiger partial charge in [-0.2, -0.15) is 5.10 Å². The Morgan fingerprint density at radius 1 is 1.33 bits per heavy atom. The van der Waals surface area contributed by atoms with Crippen molar-refractivity contribution in [1.82, 2.24) is 9.78 Å². The van der Waals surface area contributed by atoms with E-state index in [1.807, 2.05) is 32.0 Å². The minimum absolute atomic E-state index is 0.0313. The molecule has 4 heteroatoms. The number of Topliss-reactive ketones (excluding diaryl/α,β-unsaturated/α-hetero) is 1. The topological polar surface area (TPSA) is 34.9 Å². The maximum absolute atomic E-state index is 12.2. The molecule has 0 bridgehead atoms. The highest BCUT2D eigenvalue weighted by Gasteiger charge is 2.14. The maximum atomic E-state index is 12.2. The van der Waals surface area contributed by atoms with Gasteiger partial charge in [-0.3, -0.25) is 9.48 Å². The van der Waals surface area contributed by atoms with E-state index in [0.29, 0.717) is 17.1 Å². The number of hydrogen-bond acceptors (Lipinski definition) is 2. The fraction of sp³-hybridized carbons (Fsp3) is 0.286. The third-order valence-electron chi connectivity index (χ3n) is 2.85. The SMILES string of the molecule is Cc1ccc(CC(=O)c2cc(C)nn2C)c(Cl)c1. The summed E-state index contributed by atoms with van der Waals surface area (Å²) in [6.45, 7) is 3.84. The van der Waals surface area contributed by atoms with Gasteiger partial charge in [0.2, 0.25) is 0 Å². The van der Waals surface area contributed by atoms with Crippen LogP contribution in [0.25, 0.3) is 0 Å². The van der Waals surface area contributed by atoms with Crippen LogP contribution >= 0.6 is 11.6 Å². The van der Waals surface area contributed by atoms with Crippen LogP contribution in [0.1, 0.15) is 27.3 Å². The molecule has 0 radical (unpaired) electrons. The summed E-state index contributed by atoms with van der Waals surface area (Å²) in [6.07, 6.45) is 0.304. The van der Waals surface area contributed by atoms with E-state index in [1.54, 1.807) is 17.8 Å². The van der Waals surface area contributed by atoms with E-state index in [2.05, 4.69) is 5.10 Å². The smallest absolute Gasteiger partial charge is 0.185 e. The number of nitrogens with zero attached hydrogens (tertiary/aromatic N) is 2. The van der Waals surface area contributed by atoms with E-state index in [1.165, 1.54) is 0 Å². The molecule has 0 atom stereocenters. The predicted octanol–water partition coefficient (Wildman–Crippen LogP) is 3.12. The lowest BCUT2D eigenvalue weighted by molar-refractivity contribution is 0.0984. The lowest BCUT2D eigenvalue weighted by atomic mass is 10.1. The molecule has 0 amide bonds. The van der Waals surface area contributed by atoms with Crippen molar-refractivity contribution in [3.8, 4) is 0 Å². The highest BCUT2D eigenvalue weighted by molar-refractivity contribution is 6.31. The summed E-state index contributed by atoms with van der Waals surface area (Å²) >= 11 is 6.13. The third-order valence-corrected chi connectivity index (χ3v) is 3.20. The second-order valence-electron chi connectivity index (χ2n) is 4.49. The Morgan fingerprint density at radius 2 is 2.06 bits per heavy atom. The summed E-state index contributed by atoms with van der Waals surface area (Å²) < 4.78 is 1.61. The molecule has 3 nitrogen and oxygen atoms in total. The molecule has 0 aliphatic carbocycles. The number of halogens is 1. The third kappa shape index (κ3) is 2.62. The van der Waals surface area contributed by atoms with E-state index in [9.17, 15) is 4.79 Å². The van der Waals surface area contributed by atoms with E-state index in [0.717, 1.165) is 16.8 Å². The molecule has 0 N–H and O–H groups in total. The molecule has 0 unspecified atom stereocenters. The lowest BCUT2D eigenvalue weighted by Crippen LogP contribution is -2.09. The Morgan fingerprint density at radius 3 is 2.61 bits per heavy atom. The number of hydrogen-bond donors (Lipinski definition) is 0. The summed E-state index contributed by atoms with van der Waals surface area (Å²) in [6, 6.07) is 7.53. The van der Waals surface area contributed by atoms with Crippen LogP contribution in [0.15, 0.2) is 24.3 Å². The second-order valence-corrected chi connectivity index (χ2v) is 4.90. The van der Waals surface area contributed by atoms with Crippen LogP contribution in [0.3, 0.4) is 0 Å². The van der Waals surface area contributed by atoms with Crippen LogP contribution in [0.2, 0.25) is 5.02 Å². The van der Waals surface area contributed by atoms with Crippen molar-refractivity contribution >= 4 is 17.4 Å². The number of carbonyl (C=O) groups is 1. The van der Waals surface area contributed by atoms with Crippen molar-refractivity contribution < 1.29 is 4.79 Å². The Hall–Kier alpha value is -1.61. The van der Waals surface area contributed by atoms with Crippen molar-refractivity contribution in [2.45, 2.75) is 20.3 Å². The first-order chi connectivity index (χ1) is 8.47. The molecule has 2 rings (SSSR count). The molecule has 0 saturated heterocycles. The minimum atomic E-state index is 0.0313. The molecule has 1 aromatic heterocycles. The van der Waals surface area contributed by atoms with Gasteiger partial charge in [0.25, 0.3) is 0 Å². The van der Waals surface area contributed by atoms with Gasteiger partial charge in [0.1, 0.15) is 5.69 Å². The van der Waals surface area contributed by atoms with Crippen LogP contribution < -0.4 is 0 Å². The molecular formula is C14H15ClN2O. The average Bonchev–Trinajstić information content (AvgIpc) is 2.62. The summed E-state index contributed by atoms with van der Waals surface area (Å²) in [5, 5.41) is 4.81. The fourth-order valence-electron chi connectivity index (χ4n) is 1.93. The van der Waals surface area contributed by atoms with Crippen LogP contribution in [0.5, 0.6) is 0 Å².